The molecule has 0 heterocycles. The number of esters is 1. The van der Waals surface area contributed by atoms with Gasteiger partial charge in [0.1, 0.15) is 5.54 Å². The molecule has 15 heavy (non-hydrogen) atoms. The van der Waals surface area contributed by atoms with Crippen LogP contribution in [0.15, 0.2) is 0 Å². The van der Waals surface area contributed by atoms with Crippen molar-refractivity contribution >= 4 is 5.97 Å². The summed E-state index contributed by atoms with van der Waals surface area (Å²) in [5, 5.41) is 3.19. The fourth-order valence-corrected chi connectivity index (χ4v) is 2.97. The Morgan fingerprint density at radius 1 is 1.53 bits per heavy atom. The Bertz CT molecular complexity index is 250. The van der Waals surface area contributed by atoms with Gasteiger partial charge in [0.2, 0.25) is 0 Å². The minimum absolute atomic E-state index is 0.0921. The Hall–Kier alpha value is -0.570. The summed E-state index contributed by atoms with van der Waals surface area (Å²) < 4.78 is 5.18. The van der Waals surface area contributed by atoms with Crippen LogP contribution in [0.25, 0.3) is 0 Å². The lowest BCUT2D eigenvalue weighted by Crippen LogP contribution is -2.53. The Kier molecular flexibility index (Phi) is 3.44. The molecule has 0 aromatic rings. The van der Waals surface area contributed by atoms with Crippen LogP contribution in [-0.4, -0.2) is 25.2 Å². The quantitative estimate of drug-likeness (QED) is 0.728. The molecule has 88 valence electrons. The predicted octanol–water partition coefficient (Wildman–Crippen LogP) is 1.96. The van der Waals surface area contributed by atoms with Crippen molar-refractivity contribution in [3.05, 3.63) is 0 Å². The van der Waals surface area contributed by atoms with Gasteiger partial charge in [0.25, 0.3) is 0 Å². The molecule has 3 heteroatoms. The largest absolute Gasteiger partial charge is 0.465 e. The van der Waals surface area contributed by atoms with Crippen LogP contribution in [0.3, 0.4) is 0 Å². The molecule has 0 aliphatic heterocycles. The van der Waals surface area contributed by atoms with Crippen LogP contribution in [0.4, 0.5) is 0 Å². The molecule has 1 N–H and O–H groups in total. The fraction of sp³-hybridized carbons (Fsp3) is 0.917. The highest BCUT2D eigenvalue weighted by Crippen LogP contribution is 2.47. The maximum atomic E-state index is 12.0. The minimum Gasteiger partial charge on any atom is -0.465 e. The Morgan fingerprint density at radius 3 is 2.47 bits per heavy atom. The van der Waals surface area contributed by atoms with Crippen molar-refractivity contribution < 1.29 is 9.53 Å². The molecule has 0 spiro atoms. The second-order valence-corrected chi connectivity index (χ2v) is 5.39. The molecule has 2 unspecified atom stereocenters. The zero-order chi connectivity index (χ0) is 11.7. The van der Waals surface area contributed by atoms with Gasteiger partial charge >= 0.3 is 5.97 Å². The Labute approximate surface area is 92.6 Å². The van der Waals surface area contributed by atoms with E-state index in [0.29, 0.717) is 12.5 Å². The van der Waals surface area contributed by atoms with Crippen LogP contribution in [-0.2, 0) is 9.53 Å². The number of rotatable bonds is 3. The second kappa shape index (κ2) is 4.12. The number of likely N-dealkylation sites (N-methyl/N-ethyl adjacent to an activating group) is 1. The van der Waals surface area contributed by atoms with Crippen LogP contribution < -0.4 is 5.32 Å². The first kappa shape index (κ1) is 12.5. The van der Waals surface area contributed by atoms with Gasteiger partial charge in [-0.05, 0) is 38.1 Å². The molecule has 0 radical (unpaired) electrons. The third-order valence-corrected chi connectivity index (χ3v) is 3.54. The summed E-state index contributed by atoms with van der Waals surface area (Å²) >= 11 is 0. The molecule has 1 aliphatic carbocycles. The van der Waals surface area contributed by atoms with Crippen molar-refractivity contribution in [3.8, 4) is 0 Å². The van der Waals surface area contributed by atoms with Gasteiger partial charge in [-0.1, -0.05) is 20.8 Å². The molecule has 1 rings (SSSR count). The van der Waals surface area contributed by atoms with Gasteiger partial charge in [0.05, 0.1) is 6.61 Å². The summed E-state index contributed by atoms with van der Waals surface area (Å²) in [5.74, 6) is 0.238. The van der Waals surface area contributed by atoms with Crippen molar-refractivity contribution in [2.75, 3.05) is 13.7 Å². The molecular weight excluding hydrogens is 190 g/mol. The van der Waals surface area contributed by atoms with Crippen LogP contribution in [0.2, 0.25) is 0 Å². The zero-order valence-electron chi connectivity index (χ0n) is 10.5. The van der Waals surface area contributed by atoms with Crippen molar-refractivity contribution in [2.24, 2.45) is 11.3 Å². The monoisotopic (exact) mass is 213 g/mol. The van der Waals surface area contributed by atoms with E-state index in [1.807, 2.05) is 14.0 Å². The summed E-state index contributed by atoms with van der Waals surface area (Å²) in [6.45, 7) is 8.85. The standard InChI is InChI=1S/C12H23NO2/c1-6-15-10(14)12(13-5)8-11(3,4)7-9(12)2/h9,13H,6-8H2,1-5H3. The van der Waals surface area contributed by atoms with Gasteiger partial charge in [0.15, 0.2) is 0 Å². The van der Waals surface area contributed by atoms with E-state index in [4.69, 9.17) is 4.74 Å². The van der Waals surface area contributed by atoms with E-state index >= 15 is 0 Å². The molecule has 0 aromatic carbocycles. The topological polar surface area (TPSA) is 38.3 Å². The molecule has 1 saturated carbocycles. The molecule has 0 bridgehead atoms. The van der Waals surface area contributed by atoms with Gasteiger partial charge in [-0.3, -0.25) is 4.79 Å². The van der Waals surface area contributed by atoms with E-state index < -0.39 is 5.54 Å². The van der Waals surface area contributed by atoms with E-state index in [0.717, 1.165) is 12.8 Å². The van der Waals surface area contributed by atoms with E-state index in [-0.39, 0.29) is 11.4 Å². The number of carbonyl (C=O) groups excluding carboxylic acids is 1. The van der Waals surface area contributed by atoms with Crippen LogP contribution in [0, 0.1) is 11.3 Å². The maximum Gasteiger partial charge on any atom is 0.326 e. The maximum absolute atomic E-state index is 12.0. The van der Waals surface area contributed by atoms with Crippen molar-refractivity contribution in [1.82, 2.24) is 5.32 Å². The van der Waals surface area contributed by atoms with Crippen LogP contribution >= 0.6 is 0 Å². The summed E-state index contributed by atoms with van der Waals surface area (Å²) in [6.07, 6.45) is 1.92. The highest BCUT2D eigenvalue weighted by atomic mass is 16.5. The van der Waals surface area contributed by atoms with Crippen molar-refractivity contribution in [2.45, 2.75) is 46.1 Å². The van der Waals surface area contributed by atoms with Gasteiger partial charge in [0, 0.05) is 0 Å². The molecule has 0 saturated heterocycles. The Balaban J connectivity index is 2.90. The predicted molar refractivity (Wildman–Crippen MR) is 60.6 cm³/mol. The number of hydrogen-bond acceptors (Lipinski definition) is 3. The van der Waals surface area contributed by atoms with E-state index in [2.05, 4.69) is 26.1 Å². The lowest BCUT2D eigenvalue weighted by Gasteiger charge is -2.31. The summed E-state index contributed by atoms with van der Waals surface area (Å²) in [7, 11) is 1.86. The SMILES string of the molecule is CCOC(=O)C1(NC)CC(C)(C)CC1C. The number of hydrogen-bond donors (Lipinski definition) is 1. The van der Waals surface area contributed by atoms with Gasteiger partial charge < -0.3 is 10.1 Å². The zero-order valence-corrected chi connectivity index (χ0v) is 10.5. The first-order valence-corrected chi connectivity index (χ1v) is 5.74. The van der Waals surface area contributed by atoms with Gasteiger partial charge in [-0.15, -0.1) is 0 Å². The first-order chi connectivity index (χ1) is 6.88. The van der Waals surface area contributed by atoms with Crippen molar-refractivity contribution in [3.63, 3.8) is 0 Å². The minimum atomic E-state index is -0.473. The third-order valence-electron chi connectivity index (χ3n) is 3.54. The Morgan fingerprint density at radius 2 is 2.13 bits per heavy atom. The van der Waals surface area contributed by atoms with E-state index in [9.17, 15) is 4.79 Å². The molecular formula is C12H23NO2. The number of carbonyl (C=O) groups is 1. The molecule has 0 amide bonds. The second-order valence-electron chi connectivity index (χ2n) is 5.39. The highest BCUT2D eigenvalue weighted by molar-refractivity contribution is 5.82. The first-order valence-electron chi connectivity index (χ1n) is 5.74. The summed E-state index contributed by atoms with van der Waals surface area (Å²) in [4.78, 5) is 12.0. The molecule has 2 atom stereocenters. The van der Waals surface area contributed by atoms with E-state index in [1.165, 1.54) is 0 Å². The number of nitrogens with one attached hydrogen (secondary N) is 1. The van der Waals surface area contributed by atoms with Gasteiger partial charge in [-0.2, -0.15) is 0 Å². The average Bonchev–Trinajstić information content (AvgIpc) is 2.37. The normalized spacial score (nSPS) is 34.1. The summed E-state index contributed by atoms with van der Waals surface area (Å²) in [5.41, 5.74) is -0.255. The van der Waals surface area contributed by atoms with Crippen LogP contribution in [0.1, 0.15) is 40.5 Å². The molecule has 3 nitrogen and oxygen atoms in total. The van der Waals surface area contributed by atoms with Crippen molar-refractivity contribution in [1.29, 1.82) is 0 Å². The van der Waals surface area contributed by atoms with Gasteiger partial charge in [-0.25, -0.2) is 0 Å². The van der Waals surface area contributed by atoms with E-state index in [1.54, 1.807) is 0 Å². The molecule has 1 fully saturated rings. The smallest absolute Gasteiger partial charge is 0.326 e. The lowest BCUT2D eigenvalue weighted by molar-refractivity contribution is -0.152. The average molecular weight is 213 g/mol. The molecule has 0 aromatic heterocycles. The fourth-order valence-electron chi connectivity index (χ4n) is 2.97. The molecule has 1 aliphatic rings. The number of ether oxygens (including phenoxy) is 1. The lowest BCUT2D eigenvalue weighted by atomic mass is 9.86. The van der Waals surface area contributed by atoms with Crippen LogP contribution in [0.5, 0.6) is 0 Å². The summed E-state index contributed by atoms with van der Waals surface area (Å²) in [6, 6.07) is 0. The highest BCUT2D eigenvalue weighted by Gasteiger charge is 2.53. The third kappa shape index (κ3) is 2.17.